The van der Waals surface area contributed by atoms with E-state index >= 15 is 0 Å². The molecule has 9 aromatic carbocycles. The largest absolute Gasteiger partial charge is 0.484 e. The third-order valence-electron chi connectivity index (χ3n) is 11.6. The number of allylic oxidation sites excluding steroid dienone is 2. The van der Waals surface area contributed by atoms with Crippen molar-refractivity contribution in [3.05, 3.63) is 212 Å². The van der Waals surface area contributed by atoms with E-state index < -0.39 is 0 Å². The topological polar surface area (TPSA) is 9.23 Å². The molecule has 0 fully saturated rings. The predicted molar refractivity (Wildman–Crippen MR) is 232 cm³/mol. The molecule has 0 saturated heterocycles. The molecular formula is C54H36O. The zero-order chi connectivity index (χ0) is 36.3. The van der Waals surface area contributed by atoms with Crippen molar-refractivity contribution < 1.29 is 4.74 Å². The fourth-order valence-corrected chi connectivity index (χ4v) is 9.10. The van der Waals surface area contributed by atoms with Crippen LogP contribution >= 0.6 is 0 Å². The van der Waals surface area contributed by atoms with Crippen molar-refractivity contribution in [3.63, 3.8) is 0 Å². The summed E-state index contributed by atoms with van der Waals surface area (Å²) in [5.74, 6) is 1.28. The van der Waals surface area contributed by atoms with E-state index in [9.17, 15) is 0 Å². The van der Waals surface area contributed by atoms with Crippen LogP contribution in [0.15, 0.2) is 206 Å². The average molecular weight is 701 g/mol. The van der Waals surface area contributed by atoms with E-state index in [1.54, 1.807) is 0 Å². The van der Waals surface area contributed by atoms with Gasteiger partial charge in [-0.1, -0.05) is 200 Å². The van der Waals surface area contributed by atoms with Crippen LogP contribution in [0.25, 0.3) is 88.0 Å². The van der Waals surface area contributed by atoms with Gasteiger partial charge in [-0.3, -0.25) is 0 Å². The fourth-order valence-electron chi connectivity index (χ4n) is 9.10. The third-order valence-corrected chi connectivity index (χ3v) is 11.6. The van der Waals surface area contributed by atoms with Gasteiger partial charge in [-0.25, -0.2) is 0 Å². The lowest BCUT2D eigenvalue weighted by Gasteiger charge is -2.19. The lowest BCUT2D eigenvalue weighted by molar-refractivity contribution is 0.270. The van der Waals surface area contributed by atoms with Crippen molar-refractivity contribution >= 4 is 32.3 Å². The van der Waals surface area contributed by atoms with Gasteiger partial charge >= 0.3 is 0 Å². The van der Waals surface area contributed by atoms with Crippen LogP contribution in [0, 0.1) is 0 Å². The first kappa shape index (κ1) is 31.6. The smallest absolute Gasteiger partial charge is 0.132 e. The second-order valence-corrected chi connectivity index (χ2v) is 14.7. The van der Waals surface area contributed by atoms with Gasteiger partial charge in [0.1, 0.15) is 11.9 Å². The molecule has 1 heteroatoms. The van der Waals surface area contributed by atoms with E-state index in [1.165, 1.54) is 88.0 Å². The van der Waals surface area contributed by atoms with Gasteiger partial charge < -0.3 is 4.74 Å². The van der Waals surface area contributed by atoms with E-state index in [1.807, 2.05) is 0 Å². The Morgan fingerprint density at radius 1 is 0.327 bits per heavy atom. The Kier molecular flexibility index (Phi) is 7.38. The van der Waals surface area contributed by atoms with Crippen LogP contribution in [0.2, 0.25) is 0 Å². The van der Waals surface area contributed by atoms with Crippen molar-refractivity contribution in [3.8, 4) is 61.4 Å². The van der Waals surface area contributed by atoms with Crippen LogP contribution in [0.4, 0.5) is 0 Å². The minimum atomic E-state index is 0.0679. The summed E-state index contributed by atoms with van der Waals surface area (Å²) in [6, 6.07) is 66.7. The highest BCUT2D eigenvalue weighted by atomic mass is 16.5. The molecule has 1 nitrogen and oxygen atoms in total. The summed E-state index contributed by atoms with van der Waals surface area (Å²) < 4.78 is 6.52. The molecule has 55 heavy (non-hydrogen) atoms. The predicted octanol–water partition coefficient (Wildman–Crippen LogP) is 14.5. The molecule has 2 atom stereocenters. The average Bonchev–Trinajstić information content (AvgIpc) is 3.65. The first-order valence-electron chi connectivity index (χ1n) is 19.2. The Morgan fingerprint density at radius 3 is 1.47 bits per heavy atom. The lowest BCUT2D eigenvalue weighted by atomic mass is 9.85. The van der Waals surface area contributed by atoms with E-state index in [4.69, 9.17) is 4.74 Å². The number of para-hydroxylation sites is 1. The van der Waals surface area contributed by atoms with Crippen LogP contribution in [-0.2, 0) is 0 Å². The van der Waals surface area contributed by atoms with Crippen molar-refractivity contribution in [1.82, 2.24) is 0 Å². The summed E-state index contributed by atoms with van der Waals surface area (Å²) in [6.07, 6.45) is 8.70. The van der Waals surface area contributed by atoms with Gasteiger partial charge in [-0.2, -0.15) is 0 Å². The van der Waals surface area contributed by atoms with Gasteiger partial charge in [0, 0.05) is 17.0 Å². The van der Waals surface area contributed by atoms with Gasteiger partial charge in [0.25, 0.3) is 0 Å². The van der Waals surface area contributed by atoms with Crippen molar-refractivity contribution in [2.45, 2.75) is 12.0 Å². The molecule has 1 aliphatic carbocycles. The second kappa shape index (κ2) is 12.9. The summed E-state index contributed by atoms with van der Waals surface area (Å²) in [5, 5.41) is 7.52. The Hall–Kier alpha value is -6.96. The number of ether oxygens (including phenoxy) is 1. The van der Waals surface area contributed by atoms with Crippen LogP contribution < -0.4 is 4.74 Å². The van der Waals surface area contributed by atoms with E-state index in [2.05, 4.69) is 206 Å². The molecule has 0 N–H and O–H groups in total. The molecular weight excluding hydrogens is 665 g/mol. The number of hydrogen-bond acceptors (Lipinski definition) is 1. The van der Waals surface area contributed by atoms with Crippen molar-refractivity contribution in [2.75, 3.05) is 0 Å². The molecule has 1 heterocycles. The fraction of sp³-hybridized carbons (Fsp3) is 0.0370. The summed E-state index contributed by atoms with van der Waals surface area (Å²) >= 11 is 0. The molecule has 0 amide bonds. The maximum absolute atomic E-state index is 6.52. The van der Waals surface area contributed by atoms with Crippen LogP contribution in [0.1, 0.15) is 11.5 Å². The minimum Gasteiger partial charge on any atom is -0.484 e. The molecule has 0 bridgehead atoms. The third kappa shape index (κ3) is 5.16. The standard InChI is InChI=1S/C54H36O/c1-2-14-38(15-3-1)51-41-16-5-4-13-35(41)33-34-42(51)36-25-29-39(30-26-36)52-45-18-6-8-20-47(45)53(48-21-9-7-19-46(48)52)40-31-27-37(28-32-40)43-22-12-23-49-44-17-10-11-24-50(44)55-54(43)49/h1-34,44,50H. The zero-order valence-corrected chi connectivity index (χ0v) is 30.2. The van der Waals surface area contributed by atoms with Crippen molar-refractivity contribution in [2.24, 2.45) is 0 Å². The maximum atomic E-state index is 6.52. The van der Waals surface area contributed by atoms with Crippen molar-refractivity contribution in [1.29, 1.82) is 0 Å². The summed E-state index contributed by atoms with van der Waals surface area (Å²) in [5.41, 5.74) is 13.5. The molecule has 2 unspecified atom stereocenters. The molecule has 9 aromatic rings. The SMILES string of the molecule is C1=CC2Oc3c(-c4ccc(-c5c6ccccc6c(-c6ccc(-c7ccc8ccccc8c7-c7ccccc7)cc6)c6ccccc56)cc4)cccc3C2C=C1. The number of benzene rings is 9. The Labute approximate surface area is 321 Å². The highest BCUT2D eigenvalue weighted by Gasteiger charge is 2.33. The minimum absolute atomic E-state index is 0.0679. The Balaban J connectivity index is 1.02. The van der Waals surface area contributed by atoms with Gasteiger partial charge in [0.2, 0.25) is 0 Å². The Morgan fingerprint density at radius 2 is 0.836 bits per heavy atom. The quantitative estimate of drug-likeness (QED) is 0.162. The molecule has 11 rings (SSSR count). The van der Waals surface area contributed by atoms with Crippen LogP contribution in [-0.4, -0.2) is 6.10 Å². The second-order valence-electron chi connectivity index (χ2n) is 14.7. The van der Waals surface area contributed by atoms with Crippen LogP contribution in [0.3, 0.4) is 0 Å². The first-order chi connectivity index (χ1) is 27.3. The highest BCUT2D eigenvalue weighted by molar-refractivity contribution is 6.21. The molecule has 1 aliphatic heterocycles. The van der Waals surface area contributed by atoms with Gasteiger partial charge in [-0.05, 0) is 88.5 Å². The van der Waals surface area contributed by atoms with E-state index in [-0.39, 0.29) is 12.0 Å². The summed E-state index contributed by atoms with van der Waals surface area (Å²) in [4.78, 5) is 0. The molecule has 0 radical (unpaired) electrons. The normalized spacial score (nSPS) is 15.6. The van der Waals surface area contributed by atoms with Crippen LogP contribution in [0.5, 0.6) is 5.75 Å². The van der Waals surface area contributed by atoms with Gasteiger partial charge in [0.15, 0.2) is 0 Å². The number of fused-ring (bicyclic) bond motifs is 6. The Bertz CT molecular complexity index is 2930. The molecule has 2 aliphatic rings. The van der Waals surface area contributed by atoms with E-state index in [0.29, 0.717) is 0 Å². The zero-order valence-electron chi connectivity index (χ0n) is 30.2. The maximum Gasteiger partial charge on any atom is 0.132 e. The monoisotopic (exact) mass is 700 g/mol. The first-order valence-corrected chi connectivity index (χ1v) is 19.2. The highest BCUT2D eigenvalue weighted by Crippen LogP contribution is 2.48. The molecule has 0 aromatic heterocycles. The molecule has 0 saturated carbocycles. The summed E-state index contributed by atoms with van der Waals surface area (Å²) in [7, 11) is 0. The number of rotatable bonds is 5. The van der Waals surface area contributed by atoms with Gasteiger partial charge in [0.05, 0.1) is 0 Å². The van der Waals surface area contributed by atoms with E-state index in [0.717, 1.165) is 11.3 Å². The lowest BCUT2D eigenvalue weighted by Crippen LogP contribution is -2.15. The summed E-state index contributed by atoms with van der Waals surface area (Å²) in [6.45, 7) is 0. The van der Waals surface area contributed by atoms with Gasteiger partial charge in [-0.15, -0.1) is 0 Å². The molecule has 0 spiro atoms. The number of hydrogen-bond donors (Lipinski definition) is 0. The molecule has 258 valence electrons.